The van der Waals surface area contributed by atoms with E-state index in [0.717, 1.165) is 0 Å². The highest BCUT2D eigenvalue weighted by Gasteiger charge is 2.25. The van der Waals surface area contributed by atoms with E-state index in [4.69, 9.17) is 16.3 Å². The molecule has 1 amide bonds. The first-order chi connectivity index (χ1) is 15.8. The second kappa shape index (κ2) is 10.7. The molecule has 33 heavy (non-hydrogen) atoms. The molecule has 3 aromatic rings. The van der Waals surface area contributed by atoms with Crippen molar-refractivity contribution < 1.29 is 19.4 Å². The quantitative estimate of drug-likeness (QED) is 0.256. The molecule has 1 atom stereocenters. The molecule has 1 heterocycles. The second-order valence-electron chi connectivity index (χ2n) is 7.81. The lowest BCUT2D eigenvalue weighted by Crippen LogP contribution is -2.43. The summed E-state index contributed by atoms with van der Waals surface area (Å²) in [6, 6.07) is 14.4. The number of nitriles is 1. The number of aliphatic hydroxyl groups is 1. The van der Waals surface area contributed by atoms with E-state index in [-0.39, 0.29) is 17.3 Å². The minimum Gasteiger partial charge on any atom is -0.507 e. The molecule has 3 N–H and O–H groups in total. The molecule has 0 aliphatic rings. The van der Waals surface area contributed by atoms with Gasteiger partial charge in [-0.25, -0.2) is 9.78 Å². The van der Waals surface area contributed by atoms with Gasteiger partial charge in [-0.3, -0.25) is 4.79 Å². The zero-order valence-corrected chi connectivity index (χ0v) is 18.9. The Morgan fingerprint density at radius 3 is 2.55 bits per heavy atom. The van der Waals surface area contributed by atoms with Gasteiger partial charge in [0, 0.05) is 10.6 Å². The van der Waals surface area contributed by atoms with Crippen LogP contribution in [0.5, 0.6) is 0 Å². The summed E-state index contributed by atoms with van der Waals surface area (Å²) < 4.78 is 5.23. The summed E-state index contributed by atoms with van der Waals surface area (Å²) in [4.78, 5) is 32.5. The Hall–Kier alpha value is -3.83. The highest BCUT2D eigenvalue weighted by Crippen LogP contribution is 2.19. The molecule has 1 unspecified atom stereocenters. The number of esters is 1. The number of halogens is 1. The number of imidazole rings is 1. The zero-order chi connectivity index (χ0) is 24.0. The minimum absolute atomic E-state index is 0.0856. The van der Waals surface area contributed by atoms with Crippen LogP contribution in [0.4, 0.5) is 0 Å². The summed E-state index contributed by atoms with van der Waals surface area (Å²) in [5.41, 5.74) is 1.55. The van der Waals surface area contributed by atoms with Crippen LogP contribution >= 0.6 is 11.6 Å². The van der Waals surface area contributed by atoms with Gasteiger partial charge < -0.3 is 20.1 Å². The first-order valence-electron chi connectivity index (χ1n) is 10.3. The van der Waals surface area contributed by atoms with E-state index >= 15 is 0 Å². The normalized spacial score (nSPS) is 12.7. The van der Waals surface area contributed by atoms with Gasteiger partial charge in [-0.1, -0.05) is 37.6 Å². The lowest BCUT2D eigenvalue weighted by molar-refractivity contribution is -0.146. The predicted molar refractivity (Wildman–Crippen MR) is 124 cm³/mol. The van der Waals surface area contributed by atoms with Gasteiger partial charge >= 0.3 is 5.97 Å². The highest BCUT2D eigenvalue weighted by atomic mass is 35.5. The topological polar surface area (TPSA) is 128 Å². The van der Waals surface area contributed by atoms with E-state index in [2.05, 4.69) is 15.3 Å². The minimum atomic E-state index is -0.933. The molecule has 8 nitrogen and oxygen atoms in total. The Kier molecular flexibility index (Phi) is 7.70. The molecule has 0 aliphatic heterocycles. The van der Waals surface area contributed by atoms with E-state index in [0.29, 0.717) is 28.0 Å². The van der Waals surface area contributed by atoms with Gasteiger partial charge in [0.05, 0.1) is 11.0 Å². The lowest BCUT2D eigenvalue weighted by atomic mass is 10.0. The van der Waals surface area contributed by atoms with Gasteiger partial charge in [-0.2, -0.15) is 5.26 Å². The first kappa shape index (κ1) is 23.8. The molecule has 0 aliphatic carbocycles. The van der Waals surface area contributed by atoms with Gasteiger partial charge in [-0.15, -0.1) is 0 Å². The van der Waals surface area contributed by atoms with Crippen molar-refractivity contribution in [1.29, 1.82) is 5.26 Å². The Labute approximate surface area is 195 Å². The number of nitrogens with one attached hydrogen (secondary N) is 2. The van der Waals surface area contributed by atoms with Crippen molar-refractivity contribution in [2.75, 3.05) is 6.61 Å². The number of rotatable bonds is 8. The number of para-hydroxylation sites is 2. The number of benzene rings is 2. The lowest BCUT2D eigenvalue weighted by Gasteiger charge is -2.19. The van der Waals surface area contributed by atoms with Gasteiger partial charge in [0.2, 0.25) is 0 Å². The molecule has 3 rings (SSSR count). The molecule has 170 valence electrons. The van der Waals surface area contributed by atoms with E-state index < -0.39 is 30.3 Å². The number of hydrogen-bond donors (Lipinski definition) is 3. The third-order valence-corrected chi connectivity index (χ3v) is 5.03. The van der Waals surface area contributed by atoms with E-state index in [1.54, 1.807) is 42.5 Å². The molecule has 0 bridgehead atoms. The fraction of sp³-hybridized carbons (Fsp3) is 0.250. The zero-order valence-electron chi connectivity index (χ0n) is 18.1. The first-order valence-corrected chi connectivity index (χ1v) is 10.7. The summed E-state index contributed by atoms with van der Waals surface area (Å²) in [5.74, 6) is -1.37. The third-order valence-electron chi connectivity index (χ3n) is 4.78. The molecule has 0 saturated heterocycles. The van der Waals surface area contributed by atoms with Crippen molar-refractivity contribution in [2.24, 2.45) is 5.92 Å². The van der Waals surface area contributed by atoms with Gasteiger partial charge in [-0.05, 0) is 48.7 Å². The number of carbonyl (C=O) groups excluding carboxylic acids is 2. The molecule has 9 heteroatoms. The van der Waals surface area contributed by atoms with Crippen LogP contribution < -0.4 is 5.32 Å². The predicted octanol–water partition coefficient (Wildman–Crippen LogP) is 4.40. The van der Waals surface area contributed by atoms with Crippen molar-refractivity contribution in [1.82, 2.24) is 15.3 Å². The molecule has 1 aromatic heterocycles. The average molecular weight is 467 g/mol. The summed E-state index contributed by atoms with van der Waals surface area (Å²) in [5, 5.41) is 23.1. The fourth-order valence-electron chi connectivity index (χ4n) is 3.17. The number of fused-ring (bicyclic) bond motifs is 1. The SMILES string of the molecule is CC(C)CC(NC(=O)c1ccc(Cl)cc1)C(=O)OC/C(O)=C(\C#N)c1nc2ccccc2[nH]1. The number of nitrogens with zero attached hydrogens (tertiary/aromatic N) is 2. The van der Waals surface area contributed by atoms with Gasteiger partial charge in [0.25, 0.3) is 5.91 Å². The Bertz CT molecular complexity index is 1190. The fourth-order valence-corrected chi connectivity index (χ4v) is 3.29. The van der Waals surface area contributed by atoms with Crippen LogP contribution in [0.1, 0.15) is 36.5 Å². The van der Waals surface area contributed by atoms with Crippen LogP contribution in [0.25, 0.3) is 16.6 Å². The Morgan fingerprint density at radius 1 is 1.21 bits per heavy atom. The molecular formula is C24H23ClN4O4. The monoisotopic (exact) mass is 466 g/mol. The average Bonchev–Trinajstić information content (AvgIpc) is 3.21. The van der Waals surface area contributed by atoms with Crippen LogP contribution in [0.2, 0.25) is 5.02 Å². The van der Waals surface area contributed by atoms with Crippen molar-refractivity contribution >= 4 is 40.1 Å². The van der Waals surface area contributed by atoms with Crippen molar-refractivity contribution in [3.05, 3.63) is 70.7 Å². The van der Waals surface area contributed by atoms with Crippen LogP contribution in [-0.4, -0.2) is 39.6 Å². The van der Waals surface area contributed by atoms with E-state index in [1.807, 2.05) is 26.0 Å². The highest BCUT2D eigenvalue weighted by molar-refractivity contribution is 6.30. The Morgan fingerprint density at radius 2 is 1.91 bits per heavy atom. The number of H-pyrrole nitrogens is 1. The number of aliphatic hydroxyl groups excluding tert-OH is 1. The van der Waals surface area contributed by atoms with Crippen molar-refractivity contribution in [3.63, 3.8) is 0 Å². The molecule has 0 fully saturated rings. The second-order valence-corrected chi connectivity index (χ2v) is 8.24. The number of allylic oxidation sites excluding steroid dienone is 1. The van der Waals surface area contributed by atoms with Crippen LogP contribution in [-0.2, 0) is 9.53 Å². The number of ether oxygens (including phenoxy) is 1. The molecular weight excluding hydrogens is 444 g/mol. The summed E-state index contributed by atoms with van der Waals surface area (Å²) >= 11 is 5.85. The van der Waals surface area contributed by atoms with Gasteiger partial charge in [0.1, 0.15) is 24.3 Å². The number of hydrogen-bond acceptors (Lipinski definition) is 6. The molecule has 0 spiro atoms. The van der Waals surface area contributed by atoms with Gasteiger partial charge in [0.15, 0.2) is 11.6 Å². The standard InChI is InChI=1S/C24H23ClN4O4/c1-14(2)11-20(29-23(31)15-7-9-16(25)10-8-15)24(32)33-13-21(30)17(12-26)22-27-18-5-3-4-6-19(18)28-22/h3-10,14,20,30H,11,13H2,1-2H3,(H,27,28)(H,29,31)/b21-17-. The Balaban J connectivity index is 1.72. The smallest absolute Gasteiger partial charge is 0.329 e. The molecule has 0 saturated carbocycles. The maximum atomic E-state index is 12.7. The number of aromatic nitrogens is 2. The van der Waals surface area contributed by atoms with Crippen LogP contribution in [0.3, 0.4) is 0 Å². The van der Waals surface area contributed by atoms with Crippen LogP contribution in [0, 0.1) is 17.2 Å². The number of carbonyl (C=O) groups is 2. The van der Waals surface area contributed by atoms with Crippen molar-refractivity contribution in [2.45, 2.75) is 26.3 Å². The molecule has 0 radical (unpaired) electrons. The maximum absolute atomic E-state index is 12.7. The number of amides is 1. The number of aromatic amines is 1. The third kappa shape index (κ3) is 6.11. The van der Waals surface area contributed by atoms with E-state index in [9.17, 15) is 20.0 Å². The van der Waals surface area contributed by atoms with Crippen molar-refractivity contribution in [3.8, 4) is 6.07 Å². The summed E-state index contributed by atoms with van der Waals surface area (Å²) in [6.07, 6.45) is 0.331. The summed E-state index contributed by atoms with van der Waals surface area (Å²) in [6.45, 7) is 3.27. The van der Waals surface area contributed by atoms with E-state index in [1.165, 1.54) is 0 Å². The van der Waals surface area contributed by atoms with Crippen LogP contribution in [0.15, 0.2) is 54.3 Å². The summed E-state index contributed by atoms with van der Waals surface area (Å²) in [7, 11) is 0. The largest absolute Gasteiger partial charge is 0.507 e. The maximum Gasteiger partial charge on any atom is 0.329 e. The molecule has 2 aromatic carbocycles.